The van der Waals surface area contributed by atoms with Crippen LogP contribution in [0, 0.1) is 12.8 Å². The van der Waals surface area contributed by atoms with E-state index in [1.807, 2.05) is 32.9 Å². The van der Waals surface area contributed by atoms with Crippen LogP contribution < -0.4 is 9.64 Å². The molecule has 3 rings (SSSR count). The summed E-state index contributed by atoms with van der Waals surface area (Å²) in [5.74, 6) is 0.823. The second-order valence-corrected chi connectivity index (χ2v) is 6.41. The van der Waals surface area contributed by atoms with E-state index in [1.165, 1.54) is 5.69 Å². The Bertz CT molecular complexity index is 752. The number of aryl methyl sites for hydroxylation is 1. The molecule has 0 aliphatic carbocycles. The van der Waals surface area contributed by atoms with Crippen LogP contribution in [-0.4, -0.2) is 37.3 Å². The molecule has 0 amide bonds. The van der Waals surface area contributed by atoms with Gasteiger partial charge in [0.05, 0.1) is 24.6 Å². The van der Waals surface area contributed by atoms with Gasteiger partial charge in [0.15, 0.2) is 0 Å². The summed E-state index contributed by atoms with van der Waals surface area (Å²) in [6, 6.07) is 8.18. The minimum absolute atomic E-state index is 0.0179. The maximum atomic E-state index is 12.0. The summed E-state index contributed by atoms with van der Waals surface area (Å²) in [4.78, 5) is 19.0. The van der Waals surface area contributed by atoms with Crippen molar-refractivity contribution in [1.29, 1.82) is 0 Å². The van der Waals surface area contributed by atoms with Crippen molar-refractivity contribution in [2.75, 3.05) is 31.2 Å². The molecule has 5 heteroatoms. The third-order valence-corrected chi connectivity index (χ3v) is 4.65. The lowest BCUT2D eigenvalue weighted by Crippen LogP contribution is -2.37. The van der Waals surface area contributed by atoms with Crippen molar-refractivity contribution in [2.24, 2.45) is 5.92 Å². The molecule has 1 aromatic carbocycles. The molecule has 0 unspecified atom stereocenters. The Balaban J connectivity index is 1.85. The van der Waals surface area contributed by atoms with Gasteiger partial charge in [0.1, 0.15) is 5.75 Å². The lowest BCUT2D eigenvalue weighted by atomic mass is 9.96. The summed E-state index contributed by atoms with van der Waals surface area (Å²) in [6.45, 7) is 8.65. The predicted octanol–water partition coefficient (Wildman–Crippen LogP) is 3.72. The molecule has 0 bridgehead atoms. The maximum absolute atomic E-state index is 12.0. The van der Waals surface area contributed by atoms with Crippen molar-refractivity contribution in [2.45, 2.75) is 33.6 Å². The molecular formula is C20H26N2O3. The largest absolute Gasteiger partial charge is 0.494 e. The van der Waals surface area contributed by atoms with Crippen LogP contribution >= 0.6 is 0 Å². The molecule has 0 spiro atoms. The fourth-order valence-corrected chi connectivity index (χ4v) is 3.45. The normalized spacial score (nSPS) is 15.4. The summed E-state index contributed by atoms with van der Waals surface area (Å²) in [5, 5.41) is 1.10. The smallest absolute Gasteiger partial charge is 0.309 e. The third-order valence-electron chi connectivity index (χ3n) is 4.65. The van der Waals surface area contributed by atoms with Gasteiger partial charge in [-0.05, 0) is 57.9 Å². The van der Waals surface area contributed by atoms with E-state index >= 15 is 0 Å². The average Bonchev–Trinajstić information content (AvgIpc) is 2.62. The fourth-order valence-electron chi connectivity index (χ4n) is 3.45. The Morgan fingerprint density at radius 2 is 1.96 bits per heavy atom. The Hall–Kier alpha value is -2.30. The van der Waals surface area contributed by atoms with Crippen LogP contribution in [0.1, 0.15) is 32.4 Å². The summed E-state index contributed by atoms with van der Waals surface area (Å²) in [6.07, 6.45) is 1.65. The number of pyridine rings is 1. The molecule has 1 saturated heterocycles. The average molecular weight is 342 g/mol. The Labute approximate surface area is 148 Å². The molecule has 2 heterocycles. The number of hydrogen-bond donors (Lipinski definition) is 0. The summed E-state index contributed by atoms with van der Waals surface area (Å²) >= 11 is 0. The first-order valence-corrected chi connectivity index (χ1v) is 9.08. The van der Waals surface area contributed by atoms with Crippen molar-refractivity contribution in [3.8, 4) is 5.75 Å². The van der Waals surface area contributed by atoms with Gasteiger partial charge in [-0.2, -0.15) is 0 Å². The van der Waals surface area contributed by atoms with Gasteiger partial charge >= 0.3 is 5.97 Å². The lowest BCUT2D eigenvalue weighted by molar-refractivity contribution is -0.148. The molecule has 134 valence electrons. The molecule has 1 aliphatic heterocycles. The number of hydrogen-bond acceptors (Lipinski definition) is 5. The predicted molar refractivity (Wildman–Crippen MR) is 99.2 cm³/mol. The van der Waals surface area contributed by atoms with Gasteiger partial charge in [0, 0.05) is 29.9 Å². The Morgan fingerprint density at radius 3 is 2.64 bits per heavy atom. The Morgan fingerprint density at radius 1 is 1.20 bits per heavy atom. The number of piperidine rings is 1. The van der Waals surface area contributed by atoms with Crippen LogP contribution in [0.2, 0.25) is 0 Å². The van der Waals surface area contributed by atoms with E-state index < -0.39 is 0 Å². The summed E-state index contributed by atoms with van der Waals surface area (Å²) < 4.78 is 10.8. The molecule has 5 nitrogen and oxygen atoms in total. The minimum atomic E-state index is -0.0588. The van der Waals surface area contributed by atoms with Gasteiger partial charge in [0.2, 0.25) is 0 Å². The number of esters is 1. The summed E-state index contributed by atoms with van der Waals surface area (Å²) in [5.41, 5.74) is 3.15. The van der Waals surface area contributed by atoms with E-state index in [-0.39, 0.29) is 11.9 Å². The first kappa shape index (κ1) is 17.5. The lowest BCUT2D eigenvalue weighted by Gasteiger charge is -2.33. The van der Waals surface area contributed by atoms with Gasteiger partial charge in [-0.15, -0.1) is 0 Å². The van der Waals surface area contributed by atoms with Gasteiger partial charge < -0.3 is 14.4 Å². The minimum Gasteiger partial charge on any atom is -0.494 e. The number of carbonyl (C=O) groups excluding carboxylic acids is 1. The van der Waals surface area contributed by atoms with Crippen molar-refractivity contribution >= 4 is 22.6 Å². The van der Waals surface area contributed by atoms with Crippen LogP contribution in [0.4, 0.5) is 5.69 Å². The second-order valence-electron chi connectivity index (χ2n) is 6.41. The van der Waals surface area contributed by atoms with Gasteiger partial charge in [0.25, 0.3) is 0 Å². The van der Waals surface area contributed by atoms with Crippen LogP contribution in [-0.2, 0) is 9.53 Å². The highest BCUT2D eigenvalue weighted by atomic mass is 16.5. The number of ether oxygens (including phenoxy) is 2. The standard InChI is InChI=1S/C20H26N2O3/c1-4-24-16-6-7-18-17(13-16)19(12-14(3)21-18)22-10-8-15(9-11-22)20(23)25-5-2/h6-7,12-13,15H,4-5,8-11H2,1-3H3. The first-order chi connectivity index (χ1) is 12.1. The van der Waals surface area contributed by atoms with E-state index in [0.29, 0.717) is 13.2 Å². The molecule has 0 N–H and O–H groups in total. The number of carbonyl (C=O) groups is 1. The van der Waals surface area contributed by atoms with Crippen molar-refractivity contribution < 1.29 is 14.3 Å². The van der Waals surface area contributed by atoms with Gasteiger partial charge in [-0.1, -0.05) is 0 Å². The molecule has 1 aromatic heterocycles. The highest BCUT2D eigenvalue weighted by Crippen LogP contribution is 2.32. The monoisotopic (exact) mass is 342 g/mol. The van der Waals surface area contributed by atoms with E-state index in [9.17, 15) is 4.79 Å². The summed E-state index contributed by atoms with van der Waals surface area (Å²) in [7, 11) is 0. The third kappa shape index (κ3) is 3.86. The number of aromatic nitrogens is 1. The topological polar surface area (TPSA) is 51.7 Å². The number of benzene rings is 1. The SMILES string of the molecule is CCOC(=O)C1CCN(c2cc(C)nc3ccc(OCC)cc23)CC1. The van der Waals surface area contributed by atoms with E-state index in [0.717, 1.165) is 48.3 Å². The highest BCUT2D eigenvalue weighted by Gasteiger charge is 2.27. The van der Waals surface area contributed by atoms with Crippen molar-refractivity contribution in [3.63, 3.8) is 0 Å². The van der Waals surface area contributed by atoms with Crippen molar-refractivity contribution in [1.82, 2.24) is 4.98 Å². The van der Waals surface area contributed by atoms with Gasteiger partial charge in [-0.3, -0.25) is 9.78 Å². The number of anilines is 1. The zero-order valence-electron chi connectivity index (χ0n) is 15.2. The van der Waals surface area contributed by atoms with Gasteiger partial charge in [-0.25, -0.2) is 0 Å². The molecule has 1 aliphatic rings. The fraction of sp³-hybridized carbons (Fsp3) is 0.500. The van der Waals surface area contributed by atoms with Crippen LogP contribution in [0.15, 0.2) is 24.3 Å². The molecule has 0 saturated carbocycles. The molecule has 0 radical (unpaired) electrons. The van der Waals surface area contributed by atoms with Crippen LogP contribution in [0.25, 0.3) is 10.9 Å². The number of nitrogens with zero attached hydrogens (tertiary/aromatic N) is 2. The molecule has 2 aromatic rings. The van der Waals surface area contributed by atoms with Crippen LogP contribution in [0.3, 0.4) is 0 Å². The maximum Gasteiger partial charge on any atom is 0.309 e. The first-order valence-electron chi connectivity index (χ1n) is 9.08. The molecule has 0 atom stereocenters. The number of fused-ring (bicyclic) bond motifs is 1. The number of rotatable bonds is 5. The quantitative estimate of drug-likeness (QED) is 0.775. The highest BCUT2D eigenvalue weighted by molar-refractivity contribution is 5.93. The zero-order valence-corrected chi connectivity index (χ0v) is 15.2. The molecule has 1 fully saturated rings. The van der Waals surface area contributed by atoms with Crippen LogP contribution in [0.5, 0.6) is 5.75 Å². The molecular weight excluding hydrogens is 316 g/mol. The second kappa shape index (κ2) is 7.72. The zero-order chi connectivity index (χ0) is 17.8. The Kier molecular flexibility index (Phi) is 5.41. The van der Waals surface area contributed by atoms with Crippen molar-refractivity contribution in [3.05, 3.63) is 30.0 Å². The molecule has 25 heavy (non-hydrogen) atoms. The van der Waals surface area contributed by atoms with E-state index in [4.69, 9.17) is 9.47 Å². The van der Waals surface area contributed by atoms with E-state index in [2.05, 4.69) is 22.0 Å². The van der Waals surface area contributed by atoms with E-state index in [1.54, 1.807) is 0 Å².